The SMILES string of the molecule is CCNCc1ncc(C(C)CC)[nH]1. The van der Waals surface area contributed by atoms with E-state index in [9.17, 15) is 0 Å². The molecule has 1 unspecified atom stereocenters. The van der Waals surface area contributed by atoms with Crippen LogP contribution in [-0.4, -0.2) is 16.5 Å². The molecule has 0 bridgehead atoms. The summed E-state index contributed by atoms with van der Waals surface area (Å²) in [5.41, 5.74) is 1.25. The van der Waals surface area contributed by atoms with Crippen LogP contribution in [-0.2, 0) is 6.54 Å². The van der Waals surface area contributed by atoms with Gasteiger partial charge in [0.1, 0.15) is 5.82 Å². The third kappa shape index (κ3) is 2.84. The van der Waals surface area contributed by atoms with Crippen molar-refractivity contribution in [2.75, 3.05) is 6.54 Å². The van der Waals surface area contributed by atoms with Gasteiger partial charge in [0.05, 0.1) is 6.54 Å². The van der Waals surface area contributed by atoms with E-state index in [1.54, 1.807) is 0 Å². The molecule has 0 radical (unpaired) electrons. The highest BCUT2D eigenvalue weighted by Gasteiger charge is 2.05. The maximum absolute atomic E-state index is 4.30. The molecule has 0 aliphatic heterocycles. The van der Waals surface area contributed by atoms with Crippen LogP contribution < -0.4 is 5.32 Å². The zero-order chi connectivity index (χ0) is 9.68. The summed E-state index contributed by atoms with van der Waals surface area (Å²) in [5, 5.41) is 3.24. The van der Waals surface area contributed by atoms with Crippen LogP contribution in [0.5, 0.6) is 0 Å². The Balaban J connectivity index is 2.53. The number of hydrogen-bond acceptors (Lipinski definition) is 2. The van der Waals surface area contributed by atoms with Gasteiger partial charge < -0.3 is 10.3 Å². The molecular weight excluding hydrogens is 162 g/mol. The quantitative estimate of drug-likeness (QED) is 0.729. The Kier molecular flexibility index (Phi) is 3.96. The first-order valence-electron chi connectivity index (χ1n) is 5.02. The van der Waals surface area contributed by atoms with E-state index in [-0.39, 0.29) is 0 Å². The van der Waals surface area contributed by atoms with Gasteiger partial charge >= 0.3 is 0 Å². The molecule has 1 atom stereocenters. The van der Waals surface area contributed by atoms with Gasteiger partial charge in [-0.05, 0) is 18.9 Å². The van der Waals surface area contributed by atoms with Crippen molar-refractivity contribution in [3.63, 3.8) is 0 Å². The van der Waals surface area contributed by atoms with Gasteiger partial charge in [0.25, 0.3) is 0 Å². The number of rotatable bonds is 5. The molecule has 0 saturated carbocycles. The Morgan fingerprint density at radius 2 is 2.31 bits per heavy atom. The van der Waals surface area contributed by atoms with Crippen molar-refractivity contribution in [1.29, 1.82) is 0 Å². The third-order valence-electron chi connectivity index (χ3n) is 2.33. The summed E-state index contributed by atoms with van der Waals surface area (Å²) >= 11 is 0. The molecule has 3 heteroatoms. The largest absolute Gasteiger partial charge is 0.345 e. The van der Waals surface area contributed by atoms with E-state index in [1.165, 1.54) is 5.69 Å². The number of aromatic nitrogens is 2. The molecule has 0 fully saturated rings. The van der Waals surface area contributed by atoms with E-state index in [2.05, 4.69) is 36.1 Å². The standard InChI is InChI=1S/C10H19N3/c1-4-8(3)9-6-12-10(13-9)7-11-5-2/h6,8,11H,4-5,7H2,1-3H3,(H,12,13). The van der Waals surface area contributed by atoms with E-state index in [4.69, 9.17) is 0 Å². The molecule has 2 N–H and O–H groups in total. The molecule has 0 aliphatic rings. The number of nitrogens with one attached hydrogen (secondary N) is 2. The zero-order valence-electron chi connectivity index (χ0n) is 8.72. The van der Waals surface area contributed by atoms with Gasteiger partial charge in [-0.1, -0.05) is 20.8 Å². The fourth-order valence-corrected chi connectivity index (χ4v) is 1.18. The highest BCUT2D eigenvalue weighted by molar-refractivity contribution is 5.06. The second-order valence-corrected chi connectivity index (χ2v) is 3.37. The minimum Gasteiger partial charge on any atom is -0.345 e. The summed E-state index contributed by atoms with van der Waals surface area (Å²) in [4.78, 5) is 7.63. The minimum atomic E-state index is 0.586. The first kappa shape index (κ1) is 10.3. The van der Waals surface area contributed by atoms with Crippen molar-refractivity contribution in [1.82, 2.24) is 15.3 Å². The molecule has 3 nitrogen and oxygen atoms in total. The molecule has 0 aliphatic carbocycles. The van der Waals surface area contributed by atoms with Crippen LogP contribution in [0.2, 0.25) is 0 Å². The monoisotopic (exact) mass is 181 g/mol. The van der Waals surface area contributed by atoms with Crippen molar-refractivity contribution in [2.24, 2.45) is 0 Å². The number of hydrogen-bond donors (Lipinski definition) is 2. The Labute approximate surface area is 80.0 Å². The first-order chi connectivity index (χ1) is 6.27. The maximum Gasteiger partial charge on any atom is 0.120 e. The van der Waals surface area contributed by atoms with Gasteiger partial charge in [0.2, 0.25) is 0 Å². The average molecular weight is 181 g/mol. The summed E-state index contributed by atoms with van der Waals surface area (Å²) in [7, 11) is 0. The molecule has 0 spiro atoms. The van der Waals surface area contributed by atoms with Gasteiger partial charge in [-0.2, -0.15) is 0 Å². The molecule has 0 amide bonds. The Morgan fingerprint density at radius 1 is 1.54 bits per heavy atom. The number of H-pyrrole nitrogens is 1. The van der Waals surface area contributed by atoms with E-state index in [1.807, 2.05) is 6.20 Å². The smallest absolute Gasteiger partial charge is 0.120 e. The van der Waals surface area contributed by atoms with Gasteiger partial charge in [-0.25, -0.2) is 4.98 Å². The van der Waals surface area contributed by atoms with Crippen LogP contribution in [0.4, 0.5) is 0 Å². The molecule has 1 heterocycles. The second kappa shape index (κ2) is 5.02. The molecule has 1 aromatic heterocycles. The Bertz CT molecular complexity index is 242. The Morgan fingerprint density at radius 3 is 2.92 bits per heavy atom. The van der Waals surface area contributed by atoms with Gasteiger partial charge in [-0.3, -0.25) is 0 Å². The Hall–Kier alpha value is -0.830. The van der Waals surface area contributed by atoms with E-state index in [0.29, 0.717) is 5.92 Å². The summed E-state index contributed by atoms with van der Waals surface area (Å²) in [6.07, 6.45) is 3.10. The van der Waals surface area contributed by atoms with Crippen LogP contribution in [0, 0.1) is 0 Å². The van der Waals surface area contributed by atoms with Gasteiger partial charge in [0.15, 0.2) is 0 Å². The third-order valence-corrected chi connectivity index (χ3v) is 2.33. The maximum atomic E-state index is 4.30. The van der Waals surface area contributed by atoms with Crippen molar-refractivity contribution in [3.05, 3.63) is 17.7 Å². The van der Waals surface area contributed by atoms with E-state index in [0.717, 1.165) is 25.3 Å². The van der Waals surface area contributed by atoms with Gasteiger partial charge in [0, 0.05) is 11.9 Å². The number of aromatic amines is 1. The number of imidazole rings is 1. The zero-order valence-corrected chi connectivity index (χ0v) is 8.72. The van der Waals surface area contributed by atoms with Crippen LogP contribution >= 0.6 is 0 Å². The molecular formula is C10H19N3. The van der Waals surface area contributed by atoms with Crippen LogP contribution in [0.1, 0.15) is 44.6 Å². The van der Waals surface area contributed by atoms with Crippen molar-refractivity contribution >= 4 is 0 Å². The topological polar surface area (TPSA) is 40.7 Å². The van der Waals surface area contributed by atoms with Crippen LogP contribution in [0.25, 0.3) is 0 Å². The fourth-order valence-electron chi connectivity index (χ4n) is 1.18. The average Bonchev–Trinajstić information content (AvgIpc) is 2.62. The molecule has 1 aromatic rings. The predicted octanol–water partition coefficient (Wildman–Crippen LogP) is 2.03. The summed E-state index contributed by atoms with van der Waals surface area (Å²) in [6.45, 7) is 8.32. The van der Waals surface area contributed by atoms with Crippen LogP contribution in [0.15, 0.2) is 6.20 Å². The van der Waals surface area contributed by atoms with Crippen molar-refractivity contribution in [3.8, 4) is 0 Å². The lowest BCUT2D eigenvalue weighted by molar-refractivity contribution is 0.681. The highest BCUT2D eigenvalue weighted by Crippen LogP contribution is 2.15. The van der Waals surface area contributed by atoms with E-state index >= 15 is 0 Å². The number of nitrogens with zero attached hydrogens (tertiary/aromatic N) is 1. The molecule has 0 saturated heterocycles. The lowest BCUT2D eigenvalue weighted by Crippen LogP contribution is -2.12. The lowest BCUT2D eigenvalue weighted by atomic mass is 10.1. The summed E-state index contributed by atoms with van der Waals surface area (Å²) < 4.78 is 0. The normalized spacial score (nSPS) is 13.2. The van der Waals surface area contributed by atoms with Gasteiger partial charge in [-0.15, -0.1) is 0 Å². The molecule has 74 valence electrons. The second-order valence-electron chi connectivity index (χ2n) is 3.37. The predicted molar refractivity (Wildman–Crippen MR) is 54.7 cm³/mol. The van der Waals surface area contributed by atoms with Crippen molar-refractivity contribution < 1.29 is 0 Å². The van der Waals surface area contributed by atoms with E-state index < -0.39 is 0 Å². The highest BCUT2D eigenvalue weighted by atomic mass is 15.0. The first-order valence-corrected chi connectivity index (χ1v) is 5.02. The minimum absolute atomic E-state index is 0.586. The summed E-state index contributed by atoms with van der Waals surface area (Å²) in [5.74, 6) is 1.63. The summed E-state index contributed by atoms with van der Waals surface area (Å²) in [6, 6.07) is 0. The fraction of sp³-hybridized carbons (Fsp3) is 0.700. The molecule has 0 aromatic carbocycles. The molecule has 13 heavy (non-hydrogen) atoms. The lowest BCUT2D eigenvalue weighted by Gasteiger charge is -2.03. The van der Waals surface area contributed by atoms with Crippen molar-refractivity contribution in [2.45, 2.75) is 39.7 Å². The van der Waals surface area contributed by atoms with Crippen LogP contribution in [0.3, 0.4) is 0 Å². The molecule has 1 rings (SSSR count).